The molecule has 0 fully saturated rings. The second kappa shape index (κ2) is 7.25. The van der Waals surface area contributed by atoms with Gasteiger partial charge < -0.3 is 15.4 Å². The molecule has 0 heterocycles. The molecular formula is C12H22F2N2O3. The summed E-state index contributed by atoms with van der Waals surface area (Å²) in [6.45, 7) is 8.32. The number of carbonyl (C=O) groups is 2. The van der Waals surface area contributed by atoms with Crippen LogP contribution in [0.25, 0.3) is 0 Å². The van der Waals surface area contributed by atoms with Gasteiger partial charge in [0.2, 0.25) is 12.3 Å². The van der Waals surface area contributed by atoms with Crippen LogP contribution in [-0.4, -0.2) is 36.1 Å². The highest BCUT2D eigenvalue weighted by Gasteiger charge is 2.27. The quantitative estimate of drug-likeness (QED) is 0.810. The minimum absolute atomic E-state index is 0.201. The third-order valence-corrected chi connectivity index (χ3v) is 1.85. The molecule has 19 heavy (non-hydrogen) atoms. The Balaban J connectivity index is 4.59. The third-order valence-electron chi connectivity index (χ3n) is 1.85. The van der Waals surface area contributed by atoms with E-state index in [0.29, 0.717) is 0 Å². The lowest BCUT2D eigenvalue weighted by atomic mass is 10.2. The van der Waals surface area contributed by atoms with Crippen LogP contribution in [0.5, 0.6) is 0 Å². The van der Waals surface area contributed by atoms with Crippen molar-refractivity contribution in [3.8, 4) is 0 Å². The van der Waals surface area contributed by atoms with Crippen molar-refractivity contribution in [3.05, 3.63) is 0 Å². The number of carbonyl (C=O) groups excluding carboxylic acids is 2. The molecular weight excluding hydrogens is 258 g/mol. The number of halogens is 2. The van der Waals surface area contributed by atoms with E-state index in [0.717, 1.165) is 0 Å². The Kier molecular flexibility index (Phi) is 6.72. The first-order chi connectivity index (χ1) is 8.51. The number of hydrogen-bond donors (Lipinski definition) is 2. The second-order valence-corrected chi connectivity index (χ2v) is 5.49. The molecule has 0 aromatic carbocycles. The van der Waals surface area contributed by atoms with Gasteiger partial charge in [-0.2, -0.15) is 0 Å². The lowest BCUT2D eigenvalue weighted by Gasteiger charge is -2.23. The Morgan fingerprint density at radius 3 is 2.05 bits per heavy atom. The maximum absolute atomic E-state index is 12.4. The van der Waals surface area contributed by atoms with Crippen LogP contribution < -0.4 is 10.6 Å². The normalized spacial score (nSPS) is 13.3. The molecule has 5 nitrogen and oxygen atoms in total. The zero-order valence-corrected chi connectivity index (χ0v) is 11.9. The fourth-order valence-electron chi connectivity index (χ4n) is 1.24. The molecule has 0 aliphatic carbocycles. The summed E-state index contributed by atoms with van der Waals surface area (Å²) in [4.78, 5) is 23.2. The van der Waals surface area contributed by atoms with Gasteiger partial charge in [-0.1, -0.05) is 0 Å². The van der Waals surface area contributed by atoms with Crippen LogP contribution in [0.2, 0.25) is 0 Å². The van der Waals surface area contributed by atoms with Gasteiger partial charge in [0.15, 0.2) is 0 Å². The van der Waals surface area contributed by atoms with E-state index in [-0.39, 0.29) is 6.04 Å². The van der Waals surface area contributed by atoms with Gasteiger partial charge in [-0.05, 0) is 34.6 Å². The average molecular weight is 280 g/mol. The first-order valence-corrected chi connectivity index (χ1v) is 6.09. The summed E-state index contributed by atoms with van der Waals surface area (Å²) in [6.07, 6.45) is -4.34. The largest absolute Gasteiger partial charge is 0.444 e. The topological polar surface area (TPSA) is 67.4 Å². The van der Waals surface area contributed by atoms with Gasteiger partial charge in [0.1, 0.15) is 11.6 Å². The van der Waals surface area contributed by atoms with E-state index in [2.05, 4.69) is 10.6 Å². The van der Waals surface area contributed by atoms with Crippen LogP contribution in [0.15, 0.2) is 0 Å². The van der Waals surface area contributed by atoms with E-state index in [9.17, 15) is 18.4 Å². The van der Waals surface area contributed by atoms with Crippen molar-refractivity contribution < 1.29 is 23.1 Å². The van der Waals surface area contributed by atoms with Gasteiger partial charge in [-0.25, -0.2) is 13.6 Å². The standard InChI is InChI=1S/C12H22F2N2O3/c1-7(2)15-10(17)8(6-9(13)14)16-11(18)19-12(3,4)5/h7-9H,6H2,1-5H3,(H,15,17)(H,16,18). The summed E-state index contributed by atoms with van der Waals surface area (Å²) in [7, 11) is 0. The molecule has 0 radical (unpaired) electrons. The van der Waals surface area contributed by atoms with E-state index in [1.165, 1.54) is 0 Å². The van der Waals surface area contributed by atoms with Crippen molar-refractivity contribution in [1.29, 1.82) is 0 Å². The van der Waals surface area contributed by atoms with Gasteiger partial charge in [-0.3, -0.25) is 4.79 Å². The number of amides is 2. The molecule has 2 N–H and O–H groups in total. The summed E-state index contributed by atoms with van der Waals surface area (Å²) in [5.74, 6) is -0.652. The summed E-state index contributed by atoms with van der Waals surface area (Å²) < 4.78 is 29.7. The summed E-state index contributed by atoms with van der Waals surface area (Å²) >= 11 is 0. The molecule has 0 aliphatic rings. The Morgan fingerprint density at radius 1 is 1.16 bits per heavy atom. The fraction of sp³-hybridized carbons (Fsp3) is 0.833. The van der Waals surface area contributed by atoms with Crippen molar-refractivity contribution in [2.45, 2.75) is 65.1 Å². The molecule has 0 saturated heterocycles. The van der Waals surface area contributed by atoms with Crippen molar-refractivity contribution in [2.75, 3.05) is 0 Å². The third kappa shape index (κ3) is 9.21. The SMILES string of the molecule is CC(C)NC(=O)C(CC(F)F)NC(=O)OC(C)(C)C. The van der Waals surface area contributed by atoms with Gasteiger partial charge in [-0.15, -0.1) is 0 Å². The fourth-order valence-corrected chi connectivity index (χ4v) is 1.24. The van der Waals surface area contributed by atoms with Crippen molar-refractivity contribution in [3.63, 3.8) is 0 Å². The number of nitrogens with one attached hydrogen (secondary N) is 2. The van der Waals surface area contributed by atoms with Crippen LogP contribution in [-0.2, 0) is 9.53 Å². The number of alkyl carbamates (subject to hydrolysis) is 1. The van der Waals surface area contributed by atoms with E-state index < -0.39 is 36.5 Å². The lowest BCUT2D eigenvalue weighted by Crippen LogP contribution is -2.50. The molecule has 0 spiro atoms. The highest BCUT2D eigenvalue weighted by molar-refractivity contribution is 5.85. The molecule has 1 unspecified atom stereocenters. The van der Waals surface area contributed by atoms with Crippen molar-refractivity contribution in [1.82, 2.24) is 10.6 Å². The zero-order valence-electron chi connectivity index (χ0n) is 11.9. The summed E-state index contributed by atoms with van der Waals surface area (Å²) in [6, 6.07) is -1.51. The lowest BCUT2D eigenvalue weighted by molar-refractivity contribution is -0.124. The van der Waals surface area contributed by atoms with Gasteiger partial charge in [0.25, 0.3) is 0 Å². The molecule has 1 atom stereocenters. The van der Waals surface area contributed by atoms with Crippen molar-refractivity contribution in [2.24, 2.45) is 0 Å². The molecule has 7 heteroatoms. The smallest absolute Gasteiger partial charge is 0.408 e. The first kappa shape index (κ1) is 17.6. The number of hydrogen-bond acceptors (Lipinski definition) is 3. The molecule has 0 aromatic rings. The first-order valence-electron chi connectivity index (χ1n) is 6.09. The molecule has 112 valence electrons. The second-order valence-electron chi connectivity index (χ2n) is 5.49. The average Bonchev–Trinajstić information content (AvgIpc) is 2.11. The summed E-state index contributed by atoms with van der Waals surface area (Å²) in [5, 5.41) is 4.63. The van der Waals surface area contributed by atoms with Crippen LogP contribution in [0.3, 0.4) is 0 Å². The maximum atomic E-state index is 12.4. The minimum Gasteiger partial charge on any atom is -0.444 e. The van der Waals surface area contributed by atoms with Crippen molar-refractivity contribution >= 4 is 12.0 Å². The predicted octanol–water partition coefficient (Wildman–Crippen LogP) is 2.06. The maximum Gasteiger partial charge on any atom is 0.408 e. The van der Waals surface area contributed by atoms with Crippen LogP contribution in [0.4, 0.5) is 13.6 Å². The molecule has 0 rings (SSSR count). The predicted molar refractivity (Wildman–Crippen MR) is 67.1 cm³/mol. The summed E-state index contributed by atoms with van der Waals surface area (Å²) in [5.41, 5.74) is -0.756. The number of alkyl halides is 2. The number of ether oxygens (including phenoxy) is 1. The Morgan fingerprint density at radius 2 is 1.68 bits per heavy atom. The van der Waals surface area contributed by atoms with E-state index in [4.69, 9.17) is 4.74 Å². The minimum atomic E-state index is -2.70. The Bertz CT molecular complexity index is 315. The molecule has 2 amide bonds. The van der Waals surface area contributed by atoms with E-state index in [1.807, 2.05) is 0 Å². The highest BCUT2D eigenvalue weighted by Crippen LogP contribution is 2.09. The van der Waals surface area contributed by atoms with Gasteiger partial charge in [0, 0.05) is 12.5 Å². The molecule has 0 aromatic heterocycles. The van der Waals surface area contributed by atoms with Crippen LogP contribution >= 0.6 is 0 Å². The number of rotatable bonds is 5. The van der Waals surface area contributed by atoms with E-state index in [1.54, 1.807) is 34.6 Å². The van der Waals surface area contributed by atoms with E-state index >= 15 is 0 Å². The molecule has 0 aliphatic heterocycles. The monoisotopic (exact) mass is 280 g/mol. The van der Waals surface area contributed by atoms with Gasteiger partial charge >= 0.3 is 6.09 Å². The van der Waals surface area contributed by atoms with Crippen LogP contribution in [0.1, 0.15) is 41.0 Å². The Labute approximate surface area is 112 Å². The zero-order chi connectivity index (χ0) is 15.2. The van der Waals surface area contributed by atoms with Crippen LogP contribution in [0, 0.1) is 0 Å². The molecule has 0 saturated carbocycles. The Hall–Kier alpha value is -1.40. The highest BCUT2D eigenvalue weighted by atomic mass is 19.3. The van der Waals surface area contributed by atoms with Gasteiger partial charge in [0.05, 0.1) is 0 Å². The molecule has 0 bridgehead atoms.